The first-order valence-corrected chi connectivity index (χ1v) is 7.22. The van der Waals surface area contributed by atoms with Crippen LogP contribution in [-0.4, -0.2) is 21.3 Å². The van der Waals surface area contributed by atoms with Gasteiger partial charge >= 0.3 is 0 Å². The summed E-state index contributed by atoms with van der Waals surface area (Å²) in [4.78, 5) is 11.3. The molecule has 0 fully saturated rings. The molecule has 22 heavy (non-hydrogen) atoms. The third kappa shape index (κ3) is 2.65. The molecule has 0 aliphatic carbocycles. The lowest BCUT2D eigenvalue weighted by Gasteiger charge is -2.09. The molecule has 0 radical (unpaired) electrons. The number of aryl methyl sites for hydroxylation is 2. The van der Waals surface area contributed by atoms with Gasteiger partial charge in [-0.3, -0.25) is 4.79 Å². The van der Waals surface area contributed by atoms with Crippen LogP contribution in [-0.2, 0) is 0 Å². The molecule has 0 unspecified atom stereocenters. The molecule has 0 N–H and O–H groups in total. The molecule has 0 aliphatic heterocycles. The second kappa shape index (κ2) is 5.73. The van der Waals surface area contributed by atoms with Crippen LogP contribution in [0, 0.1) is 13.8 Å². The van der Waals surface area contributed by atoms with Crippen LogP contribution in [0.15, 0.2) is 42.5 Å². The summed E-state index contributed by atoms with van der Waals surface area (Å²) in [5, 5.41) is 8.72. The van der Waals surface area contributed by atoms with Gasteiger partial charge in [-0.2, -0.15) is 0 Å². The van der Waals surface area contributed by atoms with Gasteiger partial charge in [0.2, 0.25) is 0 Å². The maximum Gasteiger partial charge on any atom is 0.172 e. The Bertz CT molecular complexity index is 835. The lowest BCUT2D eigenvalue weighted by molar-refractivity contribution is 0.111. The van der Waals surface area contributed by atoms with Gasteiger partial charge in [-0.05, 0) is 49.2 Å². The van der Waals surface area contributed by atoms with Crippen LogP contribution in [0.1, 0.15) is 21.6 Å². The van der Waals surface area contributed by atoms with Gasteiger partial charge in [-0.15, -0.1) is 5.10 Å². The van der Waals surface area contributed by atoms with Crippen molar-refractivity contribution < 1.29 is 4.79 Å². The molecule has 2 aromatic carbocycles. The number of carbonyl (C=O) groups is 1. The van der Waals surface area contributed by atoms with Crippen molar-refractivity contribution in [2.24, 2.45) is 0 Å². The van der Waals surface area contributed by atoms with Crippen molar-refractivity contribution in [3.8, 4) is 16.9 Å². The lowest BCUT2D eigenvalue weighted by atomic mass is 10.1. The number of aromatic nitrogens is 3. The van der Waals surface area contributed by atoms with E-state index in [9.17, 15) is 4.79 Å². The molecule has 0 saturated carbocycles. The number of rotatable bonds is 3. The molecule has 0 aliphatic rings. The Balaban J connectivity index is 2.25. The molecular weight excluding hydrogens is 298 g/mol. The quantitative estimate of drug-likeness (QED) is 0.686. The fourth-order valence-electron chi connectivity index (χ4n) is 2.53. The van der Waals surface area contributed by atoms with Crippen LogP contribution in [0.3, 0.4) is 0 Å². The van der Waals surface area contributed by atoms with Crippen molar-refractivity contribution >= 4 is 17.9 Å². The van der Waals surface area contributed by atoms with Crippen molar-refractivity contribution in [1.82, 2.24) is 15.0 Å². The van der Waals surface area contributed by atoms with Crippen LogP contribution < -0.4 is 0 Å². The summed E-state index contributed by atoms with van der Waals surface area (Å²) in [7, 11) is 0. The Hall–Kier alpha value is -2.46. The Morgan fingerprint density at radius 2 is 1.82 bits per heavy atom. The number of nitrogens with zero attached hydrogens (tertiary/aromatic N) is 3. The van der Waals surface area contributed by atoms with E-state index >= 15 is 0 Å². The second-order valence-corrected chi connectivity index (χ2v) is 5.65. The lowest BCUT2D eigenvalue weighted by Crippen LogP contribution is -2.01. The van der Waals surface area contributed by atoms with Crippen molar-refractivity contribution in [1.29, 1.82) is 0 Å². The highest BCUT2D eigenvalue weighted by Gasteiger charge is 2.16. The molecule has 0 bridgehead atoms. The van der Waals surface area contributed by atoms with E-state index in [1.54, 1.807) is 16.8 Å². The fourth-order valence-corrected chi connectivity index (χ4v) is 2.72. The van der Waals surface area contributed by atoms with E-state index in [-0.39, 0.29) is 0 Å². The van der Waals surface area contributed by atoms with Gasteiger partial charge in [0, 0.05) is 10.6 Å². The highest BCUT2D eigenvalue weighted by atomic mass is 35.5. The molecular formula is C17H14ClN3O. The number of hydrogen-bond acceptors (Lipinski definition) is 3. The standard InChI is InChI=1S/C17H14ClN3O/c1-11-6-12(2)8-15(7-11)21-17(16(10-22)19-20-21)13-4-3-5-14(18)9-13/h3-10H,1-2H3. The van der Waals surface area contributed by atoms with Crippen LogP contribution in [0.5, 0.6) is 0 Å². The molecule has 3 rings (SSSR count). The molecule has 0 amide bonds. The third-order valence-electron chi connectivity index (χ3n) is 3.36. The highest BCUT2D eigenvalue weighted by Crippen LogP contribution is 2.27. The maximum atomic E-state index is 11.3. The van der Waals surface area contributed by atoms with Gasteiger partial charge in [-0.25, -0.2) is 4.68 Å². The molecule has 1 heterocycles. The summed E-state index contributed by atoms with van der Waals surface area (Å²) < 4.78 is 1.68. The predicted octanol–water partition coefficient (Wildman–Crippen LogP) is 4.02. The molecule has 1 aromatic heterocycles. The summed E-state index contributed by atoms with van der Waals surface area (Å²) in [6.45, 7) is 4.04. The van der Waals surface area contributed by atoms with E-state index in [2.05, 4.69) is 16.4 Å². The zero-order valence-electron chi connectivity index (χ0n) is 12.2. The summed E-state index contributed by atoms with van der Waals surface area (Å²) in [5.74, 6) is 0. The summed E-state index contributed by atoms with van der Waals surface area (Å²) >= 11 is 6.07. The van der Waals surface area contributed by atoms with E-state index in [1.165, 1.54) is 0 Å². The molecule has 0 atom stereocenters. The first-order chi connectivity index (χ1) is 10.6. The van der Waals surface area contributed by atoms with Crippen molar-refractivity contribution in [2.75, 3.05) is 0 Å². The zero-order chi connectivity index (χ0) is 15.7. The van der Waals surface area contributed by atoms with Gasteiger partial charge in [0.15, 0.2) is 12.0 Å². The number of carbonyl (C=O) groups excluding carboxylic acids is 1. The Morgan fingerprint density at radius 3 is 2.45 bits per heavy atom. The van der Waals surface area contributed by atoms with Crippen molar-refractivity contribution in [3.63, 3.8) is 0 Å². The van der Waals surface area contributed by atoms with E-state index in [0.29, 0.717) is 22.7 Å². The van der Waals surface area contributed by atoms with Crippen LogP contribution in [0.4, 0.5) is 0 Å². The number of benzene rings is 2. The van der Waals surface area contributed by atoms with E-state index in [1.807, 2.05) is 38.1 Å². The van der Waals surface area contributed by atoms with Crippen molar-refractivity contribution in [3.05, 3.63) is 64.3 Å². The van der Waals surface area contributed by atoms with Gasteiger partial charge < -0.3 is 0 Å². The van der Waals surface area contributed by atoms with Crippen LogP contribution >= 0.6 is 11.6 Å². The van der Waals surface area contributed by atoms with Crippen LogP contribution in [0.2, 0.25) is 5.02 Å². The summed E-state index contributed by atoms with van der Waals surface area (Å²) in [5.41, 5.74) is 4.85. The molecule has 110 valence electrons. The van der Waals surface area contributed by atoms with Crippen molar-refractivity contribution in [2.45, 2.75) is 13.8 Å². The Labute approximate surface area is 133 Å². The molecule has 0 spiro atoms. The normalized spacial score (nSPS) is 10.7. The number of aldehydes is 1. The van der Waals surface area contributed by atoms with Gasteiger partial charge in [-0.1, -0.05) is 35.0 Å². The SMILES string of the molecule is Cc1cc(C)cc(-n2nnc(C=O)c2-c2cccc(Cl)c2)c1. The maximum absolute atomic E-state index is 11.3. The minimum absolute atomic E-state index is 0.293. The predicted molar refractivity (Wildman–Crippen MR) is 86.7 cm³/mol. The smallest absolute Gasteiger partial charge is 0.172 e. The van der Waals surface area contributed by atoms with E-state index < -0.39 is 0 Å². The van der Waals surface area contributed by atoms with E-state index in [4.69, 9.17) is 11.6 Å². The monoisotopic (exact) mass is 311 g/mol. The Morgan fingerprint density at radius 1 is 1.09 bits per heavy atom. The minimum Gasteiger partial charge on any atom is -0.296 e. The van der Waals surface area contributed by atoms with Gasteiger partial charge in [0.1, 0.15) is 5.69 Å². The molecule has 5 heteroatoms. The number of halogens is 1. The number of hydrogen-bond donors (Lipinski definition) is 0. The summed E-state index contributed by atoms with van der Waals surface area (Å²) in [6.07, 6.45) is 0.711. The third-order valence-corrected chi connectivity index (χ3v) is 3.59. The van der Waals surface area contributed by atoms with Crippen LogP contribution in [0.25, 0.3) is 16.9 Å². The molecule has 0 saturated heterocycles. The zero-order valence-corrected chi connectivity index (χ0v) is 13.0. The first-order valence-electron chi connectivity index (χ1n) is 6.84. The largest absolute Gasteiger partial charge is 0.296 e. The molecule has 4 nitrogen and oxygen atoms in total. The second-order valence-electron chi connectivity index (χ2n) is 5.21. The first kappa shape index (κ1) is 14.5. The highest BCUT2D eigenvalue weighted by molar-refractivity contribution is 6.30. The average Bonchev–Trinajstić information content (AvgIpc) is 2.90. The Kier molecular flexibility index (Phi) is 3.77. The minimum atomic E-state index is 0.293. The molecule has 3 aromatic rings. The fraction of sp³-hybridized carbons (Fsp3) is 0.118. The van der Waals surface area contributed by atoms with Gasteiger partial charge in [0.25, 0.3) is 0 Å². The van der Waals surface area contributed by atoms with E-state index in [0.717, 1.165) is 22.4 Å². The van der Waals surface area contributed by atoms with Gasteiger partial charge in [0.05, 0.1) is 5.69 Å². The summed E-state index contributed by atoms with van der Waals surface area (Å²) in [6, 6.07) is 13.4. The average molecular weight is 312 g/mol. The topological polar surface area (TPSA) is 47.8 Å².